The second kappa shape index (κ2) is 6.56. The van der Waals surface area contributed by atoms with E-state index >= 15 is 0 Å². The molecule has 1 amide bonds. The SMILES string of the molecule is CCCOc1ccccc1NC(=O)c1ccc[nH]c1=O. The van der Waals surface area contributed by atoms with Crippen LogP contribution in [0.5, 0.6) is 5.75 Å². The molecule has 0 aliphatic heterocycles. The van der Waals surface area contributed by atoms with Crippen molar-refractivity contribution in [3.63, 3.8) is 0 Å². The fourth-order valence-electron chi connectivity index (χ4n) is 1.70. The molecule has 1 aromatic heterocycles. The van der Waals surface area contributed by atoms with E-state index in [0.29, 0.717) is 18.0 Å². The Balaban J connectivity index is 2.20. The predicted octanol–water partition coefficient (Wildman–Crippen LogP) is 2.42. The summed E-state index contributed by atoms with van der Waals surface area (Å²) in [6.07, 6.45) is 2.36. The molecule has 0 saturated heterocycles. The number of amides is 1. The number of ether oxygens (including phenoxy) is 1. The van der Waals surface area contributed by atoms with Crippen LogP contribution in [0.3, 0.4) is 0 Å². The fourth-order valence-corrected chi connectivity index (χ4v) is 1.70. The Morgan fingerprint density at radius 2 is 2.05 bits per heavy atom. The standard InChI is InChI=1S/C15H16N2O3/c1-2-10-20-13-8-4-3-7-12(13)17-15(19)11-6-5-9-16-14(11)18/h3-9H,2,10H2,1H3,(H,16,18)(H,17,19). The van der Waals surface area contributed by atoms with Crippen LogP contribution >= 0.6 is 0 Å². The van der Waals surface area contributed by atoms with Crippen LogP contribution in [0.4, 0.5) is 5.69 Å². The lowest BCUT2D eigenvalue weighted by Gasteiger charge is -2.11. The maximum atomic E-state index is 12.1. The molecule has 0 spiro atoms. The van der Waals surface area contributed by atoms with Gasteiger partial charge in [0.15, 0.2) is 0 Å². The number of anilines is 1. The highest BCUT2D eigenvalue weighted by molar-refractivity contribution is 6.04. The molecule has 1 aromatic carbocycles. The molecule has 104 valence electrons. The van der Waals surface area contributed by atoms with Crippen molar-refractivity contribution in [1.29, 1.82) is 0 Å². The van der Waals surface area contributed by atoms with E-state index in [1.807, 2.05) is 13.0 Å². The first-order valence-corrected chi connectivity index (χ1v) is 6.43. The largest absolute Gasteiger partial charge is 0.491 e. The Morgan fingerprint density at radius 3 is 2.80 bits per heavy atom. The first-order chi connectivity index (χ1) is 9.72. The van der Waals surface area contributed by atoms with Gasteiger partial charge >= 0.3 is 0 Å². The number of benzene rings is 1. The summed E-state index contributed by atoms with van der Waals surface area (Å²) >= 11 is 0. The number of pyridine rings is 1. The highest BCUT2D eigenvalue weighted by atomic mass is 16.5. The number of carbonyl (C=O) groups excluding carboxylic acids is 1. The Morgan fingerprint density at radius 1 is 1.25 bits per heavy atom. The zero-order valence-corrected chi connectivity index (χ0v) is 11.2. The van der Waals surface area contributed by atoms with Crippen molar-refractivity contribution in [3.8, 4) is 5.75 Å². The molecule has 20 heavy (non-hydrogen) atoms. The first kappa shape index (κ1) is 13.9. The molecule has 5 nitrogen and oxygen atoms in total. The Bertz CT molecular complexity index is 649. The lowest BCUT2D eigenvalue weighted by atomic mass is 10.2. The average molecular weight is 272 g/mol. The molecule has 2 N–H and O–H groups in total. The van der Waals surface area contributed by atoms with Gasteiger partial charge in [-0.3, -0.25) is 9.59 Å². The third-order valence-electron chi connectivity index (χ3n) is 2.66. The van der Waals surface area contributed by atoms with Crippen LogP contribution in [0.2, 0.25) is 0 Å². The normalized spacial score (nSPS) is 10.1. The molecule has 0 atom stereocenters. The second-order valence-corrected chi connectivity index (χ2v) is 4.21. The highest BCUT2D eigenvalue weighted by Crippen LogP contribution is 2.24. The molecule has 5 heteroatoms. The zero-order valence-electron chi connectivity index (χ0n) is 11.2. The lowest BCUT2D eigenvalue weighted by Crippen LogP contribution is -2.22. The summed E-state index contributed by atoms with van der Waals surface area (Å²) in [5.41, 5.74) is 0.198. The molecule has 2 aromatic rings. The van der Waals surface area contributed by atoms with Crippen LogP contribution in [0.1, 0.15) is 23.7 Å². The van der Waals surface area contributed by atoms with Crippen molar-refractivity contribution in [2.75, 3.05) is 11.9 Å². The number of nitrogens with one attached hydrogen (secondary N) is 2. The van der Waals surface area contributed by atoms with Crippen molar-refractivity contribution in [2.24, 2.45) is 0 Å². The van der Waals surface area contributed by atoms with E-state index in [4.69, 9.17) is 4.74 Å². The third-order valence-corrected chi connectivity index (χ3v) is 2.66. The highest BCUT2D eigenvalue weighted by Gasteiger charge is 2.12. The molecule has 0 unspecified atom stereocenters. The van der Waals surface area contributed by atoms with Gasteiger partial charge < -0.3 is 15.0 Å². The molecule has 1 heterocycles. The predicted molar refractivity (Wildman–Crippen MR) is 77.2 cm³/mol. The topological polar surface area (TPSA) is 71.2 Å². The van der Waals surface area contributed by atoms with Crippen molar-refractivity contribution in [1.82, 2.24) is 4.98 Å². The molecule has 0 bridgehead atoms. The molecule has 0 fully saturated rings. The summed E-state index contributed by atoms with van der Waals surface area (Å²) in [7, 11) is 0. The monoisotopic (exact) mass is 272 g/mol. The average Bonchev–Trinajstić information content (AvgIpc) is 2.46. The van der Waals surface area contributed by atoms with Crippen LogP contribution in [0.15, 0.2) is 47.4 Å². The van der Waals surface area contributed by atoms with Gasteiger partial charge in [0.05, 0.1) is 12.3 Å². The molecule has 0 aliphatic carbocycles. The van der Waals surface area contributed by atoms with Crippen LogP contribution in [0, 0.1) is 0 Å². The molecular weight excluding hydrogens is 256 g/mol. The first-order valence-electron chi connectivity index (χ1n) is 6.43. The Hall–Kier alpha value is -2.56. The van der Waals surface area contributed by atoms with Gasteiger partial charge in [0.2, 0.25) is 0 Å². The summed E-state index contributed by atoms with van der Waals surface area (Å²) in [6.45, 7) is 2.57. The minimum atomic E-state index is -0.459. The summed E-state index contributed by atoms with van der Waals surface area (Å²) in [5, 5.41) is 2.69. The number of aromatic nitrogens is 1. The quantitative estimate of drug-likeness (QED) is 0.878. The summed E-state index contributed by atoms with van der Waals surface area (Å²) in [4.78, 5) is 26.1. The van der Waals surface area contributed by atoms with E-state index in [9.17, 15) is 9.59 Å². The van der Waals surface area contributed by atoms with Crippen LogP contribution in [-0.4, -0.2) is 17.5 Å². The molecule has 2 rings (SSSR count). The minimum Gasteiger partial charge on any atom is -0.491 e. The number of hydrogen-bond acceptors (Lipinski definition) is 3. The van der Waals surface area contributed by atoms with Gasteiger partial charge in [0.25, 0.3) is 11.5 Å². The summed E-state index contributed by atoms with van der Waals surface area (Å²) in [5.74, 6) is 0.134. The van der Waals surface area contributed by atoms with Gasteiger partial charge in [0, 0.05) is 6.20 Å². The maximum absolute atomic E-state index is 12.1. The summed E-state index contributed by atoms with van der Waals surface area (Å²) < 4.78 is 5.55. The number of carbonyl (C=O) groups is 1. The van der Waals surface area contributed by atoms with E-state index in [-0.39, 0.29) is 5.56 Å². The van der Waals surface area contributed by atoms with E-state index in [1.54, 1.807) is 24.3 Å². The second-order valence-electron chi connectivity index (χ2n) is 4.21. The fraction of sp³-hybridized carbons (Fsp3) is 0.200. The smallest absolute Gasteiger partial charge is 0.261 e. The van der Waals surface area contributed by atoms with Crippen LogP contribution in [0.25, 0.3) is 0 Å². The number of rotatable bonds is 5. The van der Waals surface area contributed by atoms with Gasteiger partial charge in [-0.2, -0.15) is 0 Å². The molecule has 0 saturated carbocycles. The van der Waals surface area contributed by atoms with Crippen molar-refractivity contribution in [2.45, 2.75) is 13.3 Å². The van der Waals surface area contributed by atoms with Gasteiger partial charge in [-0.05, 0) is 30.7 Å². The molecular formula is C15H16N2O3. The Labute approximate surface area is 116 Å². The minimum absolute atomic E-state index is 0.0674. The maximum Gasteiger partial charge on any atom is 0.261 e. The Kier molecular flexibility index (Phi) is 4.55. The van der Waals surface area contributed by atoms with Crippen LogP contribution in [-0.2, 0) is 0 Å². The third kappa shape index (κ3) is 3.26. The van der Waals surface area contributed by atoms with E-state index in [0.717, 1.165) is 6.42 Å². The number of H-pyrrole nitrogens is 1. The van der Waals surface area contributed by atoms with Gasteiger partial charge in [-0.1, -0.05) is 19.1 Å². The van der Waals surface area contributed by atoms with Crippen molar-refractivity contribution >= 4 is 11.6 Å². The molecule has 0 radical (unpaired) electrons. The van der Waals surface area contributed by atoms with Gasteiger partial charge in [0.1, 0.15) is 11.3 Å². The zero-order chi connectivity index (χ0) is 14.4. The van der Waals surface area contributed by atoms with E-state index < -0.39 is 11.5 Å². The van der Waals surface area contributed by atoms with Crippen LogP contribution < -0.4 is 15.6 Å². The number of aromatic amines is 1. The number of para-hydroxylation sites is 2. The number of hydrogen-bond donors (Lipinski definition) is 2. The van der Waals surface area contributed by atoms with E-state index in [1.165, 1.54) is 12.3 Å². The van der Waals surface area contributed by atoms with Gasteiger partial charge in [-0.25, -0.2) is 0 Å². The molecule has 0 aliphatic rings. The van der Waals surface area contributed by atoms with E-state index in [2.05, 4.69) is 10.3 Å². The lowest BCUT2D eigenvalue weighted by molar-refractivity contribution is 0.102. The van der Waals surface area contributed by atoms with Crippen molar-refractivity contribution < 1.29 is 9.53 Å². The summed E-state index contributed by atoms with van der Waals surface area (Å²) in [6, 6.07) is 10.2. The van der Waals surface area contributed by atoms with Crippen molar-refractivity contribution in [3.05, 3.63) is 58.5 Å². The van der Waals surface area contributed by atoms with Gasteiger partial charge in [-0.15, -0.1) is 0 Å².